The van der Waals surface area contributed by atoms with Crippen molar-refractivity contribution < 1.29 is 45.2 Å². The molecule has 0 N–H and O–H groups in total. The molecule has 0 aromatic rings. The zero-order chi connectivity index (χ0) is 7.71. The molecule has 0 amide bonds. The second kappa shape index (κ2) is 3.53. The summed E-state index contributed by atoms with van der Waals surface area (Å²) in [5, 5.41) is 0. The molecule has 0 atom stereocenters. The first kappa shape index (κ1) is 12.8. The van der Waals surface area contributed by atoms with Crippen molar-refractivity contribution in [2.45, 2.75) is 12.4 Å². The molecule has 0 aliphatic heterocycles. The average Bonchev–Trinajstić information content (AvgIpc) is 1.14. The van der Waals surface area contributed by atoms with Gasteiger partial charge in [-0.2, -0.15) is 0 Å². The van der Waals surface area contributed by atoms with Crippen LogP contribution in [0.3, 0.4) is 0 Å². The predicted molar refractivity (Wildman–Crippen MR) is 16.4 cm³/mol. The van der Waals surface area contributed by atoms with Crippen LogP contribution in [0.25, 0.3) is 0 Å². The van der Waals surface area contributed by atoms with Gasteiger partial charge in [0, 0.05) is 0 Å². The zero-order valence-corrected chi connectivity index (χ0v) is 4.85. The molecule has 0 spiro atoms. The molecule has 0 bridgehead atoms. The summed E-state index contributed by atoms with van der Waals surface area (Å²) in [7, 11) is 0. The van der Waals surface area contributed by atoms with Crippen LogP contribution in [0.4, 0.5) is 26.3 Å². The minimum Gasteiger partial charge on any atom is -0.207 e. The van der Waals surface area contributed by atoms with E-state index in [2.05, 4.69) is 0 Å². The van der Waals surface area contributed by atoms with Crippen molar-refractivity contribution in [2.24, 2.45) is 0 Å². The smallest absolute Gasteiger partial charge is 0.207 e. The molecular formula is C3HF6Li. The Kier molecular flexibility index (Phi) is 4.53. The van der Waals surface area contributed by atoms with Gasteiger partial charge in [-0.25, -0.2) is 26.3 Å². The third-order valence-corrected chi connectivity index (χ3v) is 0.327. The summed E-state index contributed by atoms with van der Waals surface area (Å²) in [5.41, 5.74) is 0. The molecule has 0 unspecified atom stereocenters. The van der Waals surface area contributed by atoms with Crippen LogP contribution in [0.5, 0.6) is 0 Å². The first-order valence-electron chi connectivity index (χ1n) is 1.71. The van der Waals surface area contributed by atoms with Crippen LogP contribution in [0, 0.1) is 6.42 Å². The van der Waals surface area contributed by atoms with Crippen LogP contribution < -0.4 is 18.9 Å². The molecule has 56 valence electrons. The van der Waals surface area contributed by atoms with E-state index >= 15 is 0 Å². The Hall–Kier alpha value is 0.177. The molecule has 0 saturated heterocycles. The Morgan fingerprint density at radius 2 is 0.900 bits per heavy atom. The topological polar surface area (TPSA) is 0 Å². The van der Waals surface area contributed by atoms with Crippen molar-refractivity contribution >= 4 is 0 Å². The van der Waals surface area contributed by atoms with Gasteiger partial charge >= 0.3 is 18.9 Å². The second-order valence-corrected chi connectivity index (χ2v) is 1.23. The van der Waals surface area contributed by atoms with Gasteiger partial charge in [-0.3, -0.25) is 0 Å². The van der Waals surface area contributed by atoms with Gasteiger partial charge < -0.3 is 0 Å². The fourth-order valence-corrected chi connectivity index (χ4v) is 0.186. The van der Waals surface area contributed by atoms with E-state index in [1.807, 2.05) is 0 Å². The maximum atomic E-state index is 10.8. The van der Waals surface area contributed by atoms with Crippen molar-refractivity contribution in [1.29, 1.82) is 0 Å². The fourth-order valence-electron chi connectivity index (χ4n) is 0.186. The molecule has 0 nitrogen and oxygen atoms in total. The van der Waals surface area contributed by atoms with Crippen molar-refractivity contribution in [3.63, 3.8) is 0 Å². The van der Waals surface area contributed by atoms with E-state index in [4.69, 9.17) is 0 Å². The van der Waals surface area contributed by atoms with Crippen LogP contribution >= 0.6 is 0 Å². The van der Waals surface area contributed by atoms with Crippen LogP contribution in [-0.4, -0.2) is 12.4 Å². The molecule has 0 aromatic carbocycles. The quantitative estimate of drug-likeness (QED) is 0.249. The number of hydrogen-bond acceptors (Lipinski definition) is 0. The zero-order valence-electron chi connectivity index (χ0n) is 4.85. The summed E-state index contributed by atoms with van der Waals surface area (Å²) in [4.78, 5) is 0. The molecule has 0 heterocycles. The maximum absolute atomic E-state index is 10.8. The predicted octanol–water partition coefficient (Wildman–Crippen LogP) is -0.681. The molecule has 0 aliphatic rings. The van der Waals surface area contributed by atoms with Crippen LogP contribution in [-0.2, 0) is 0 Å². The Labute approximate surface area is 64.8 Å². The van der Waals surface area contributed by atoms with Gasteiger partial charge in [0.05, 0.1) is 0 Å². The van der Waals surface area contributed by atoms with Gasteiger partial charge in [-0.05, 0) is 0 Å². The Balaban J connectivity index is 0. The molecule has 0 aromatic heterocycles. The summed E-state index contributed by atoms with van der Waals surface area (Å²) in [5.74, 6) is 0. The standard InChI is InChI=1S/C3HF6.Li/c4-2(5,6)1-3(7,8)9;/h1H;/q-1;+1. The van der Waals surface area contributed by atoms with E-state index in [0.717, 1.165) is 0 Å². The van der Waals surface area contributed by atoms with E-state index in [1.165, 1.54) is 0 Å². The van der Waals surface area contributed by atoms with Gasteiger partial charge in [-0.15, -0.1) is 6.42 Å². The molecular weight excluding hydrogens is 157 g/mol. The first-order chi connectivity index (χ1) is 3.71. The monoisotopic (exact) mass is 158 g/mol. The number of halogens is 6. The van der Waals surface area contributed by atoms with E-state index in [0.29, 0.717) is 0 Å². The summed E-state index contributed by atoms with van der Waals surface area (Å²) in [6.45, 7) is 0. The molecule has 0 saturated carbocycles. The summed E-state index contributed by atoms with van der Waals surface area (Å²) >= 11 is 0. The summed E-state index contributed by atoms with van der Waals surface area (Å²) < 4.78 is 64.7. The third kappa shape index (κ3) is 11.0. The van der Waals surface area contributed by atoms with Crippen molar-refractivity contribution in [1.82, 2.24) is 0 Å². The van der Waals surface area contributed by atoms with E-state index < -0.39 is 18.8 Å². The fraction of sp³-hybridized carbons (Fsp3) is 0.667. The van der Waals surface area contributed by atoms with Gasteiger partial charge in [-0.1, -0.05) is 0 Å². The molecule has 0 fully saturated rings. The summed E-state index contributed by atoms with van der Waals surface area (Å²) in [6, 6.07) is 0. The Bertz CT molecular complexity index is 78.1. The van der Waals surface area contributed by atoms with Crippen molar-refractivity contribution in [3.8, 4) is 0 Å². The molecule has 0 rings (SSSR count). The summed E-state index contributed by atoms with van der Waals surface area (Å²) in [6.07, 6.45) is -12.2. The normalized spacial score (nSPS) is 12.6. The Morgan fingerprint density at radius 3 is 0.900 bits per heavy atom. The third-order valence-electron chi connectivity index (χ3n) is 0.327. The van der Waals surface area contributed by atoms with Crippen LogP contribution in [0.2, 0.25) is 0 Å². The second-order valence-electron chi connectivity index (χ2n) is 1.23. The van der Waals surface area contributed by atoms with Crippen LogP contribution in [0.15, 0.2) is 0 Å². The molecule has 0 aliphatic carbocycles. The largest absolute Gasteiger partial charge is 1.00 e. The van der Waals surface area contributed by atoms with E-state index in [1.54, 1.807) is 0 Å². The van der Waals surface area contributed by atoms with Gasteiger partial charge in [0.1, 0.15) is 0 Å². The first-order valence-corrected chi connectivity index (χ1v) is 1.71. The molecule has 0 radical (unpaired) electrons. The van der Waals surface area contributed by atoms with Crippen molar-refractivity contribution in [2.75, 3.05) is 0 Å². The minimum atomic E-state index is -5.27. The van der Waals surface area contributed by atoms with E-state index in [9.17, 15) is 26.3 Å². The van der Waals surface area contributed by atoms with Gasteiger partial charge in [0.25, 0.3) is 12.4 Å². The average molecular weight is 158 g/mol. The SMILES string of the molecule is FC(F)(F)[CH-]C(F)(F)F.[Li+]. The number of alkyl halides is 6. The van der Waals surface area contributed by atoms with Gasteiger partial charge in [0.2, 0.25) is 0 Å². The van der Waals surface area contributed by atoms with Crippen molar-refractivity contribution in [3.05, 3.63) is 6.42 Å². The molecule has 7 heteroatoms. The Morgan fingerprint density at radius 1 is 0.700 bits per heavy atom. The number of rotatable bonds is 0. The van der Waals surface area contributed by atoms with E-state index in [-0.39, 0.29) is 18.9 Å². The minimum absolute atomic E-state index is 0. The molecule has 10 heavy (non-hydrogen) atoms. The maximum Gasteiger partial charge on any atom is 1.00 e. The van der Waals surface area contributed by atoms with Gasteiger partial charge in [0.15, 0.2) is 0 Å². The van der Waals surface area contributed by atoms with Crippen LogP contribution in [0.1, 0.15) is 0 Å². The number of hydrogen-bond donors (Lipinski definition) is 0.